The molecule has 0 aliphatic heterocycles. The van der Waals surface area contributed by atoms with Gasteiger partial charge in [-0.3, -0.25) is 0 Å². The molecule has 4 atom stereocenters. The maximum atomic E-state index is 10.6. The van der Waals surface area contributed by atoms with Gasteiger partial charge in [-0.2, -0.15) is 0 Å². The molecule has 1 rings (SSSR count). The Hall–Kier alpha value is -0.380. The van der Waals surface area contributed by atoms with Crippen molar-refractivity contribution in [2.75, 3.05) is 6.61 Å². The number of allylic oxidation sites excluding steroid dienone is 1. The lowest BCUT2D eigenvalue weighted by Crippen LogP contribution is -2.40. The molecule has 0 unspecified atom stereocenters. The molecular weight excluding hydrogens is 228 g/mol. The van der Waals surface area contributed by atoms with Crippen molar-refractivity contribution in [1.82, 2.24) is 0 Å². The molecule has 18 heavy (non-hydrogen) atoms. The van der Waals surface area contributed by atoms with Gasteiger partial charge in [0.05, 0.1) is 17.8 Å². The lowest BCUT2D eigenvalue weighted by atomic mass is 9.76. The minimum absolute atomic E-state index is 0.0800. The van der Waals surface area contributed by atoms with E-state index in [1.807, 2.05) is 33.8 Å². The summed E-state index contributed by atoms with van der Waals surface area (Å²) in [7, 11) is 0. The number of hydrogen-bond donors (Lipinski definition) is 3. The highest BCUT2D eigenvalue weighted by atomic mass is 16.3. The average Bonchev–Trinajstić information content (AvgIpc) is 2.54. The lowest BCUT2D eigenvalue weighted by molar-refractivity contribution is -0.0541. The molecule has 1 saturated carbocycles. The molecule has 0 amide bonds. The van der Waals surface area contributed by atoms with Crippen LogP contribution in [0.5, 0.6) is 0 Å². The molecule has 0 saturated heterocycles. The Bertz CT molecular complexity index is 305. The fourth-order valence-corrected chi connectivity index (χ4v) is 3.07. The first kappa shape index (κ1) is 15.7. The second-order valence-electron chi connectivity index (χ2n) is 6.40. The highest BCUT2D eigenvalue weighted by Crippen LogP contribution is 2.46. The van der Waals surface area contributed by atoms with E-state index in [0.717, 1.165) is 24.8 Å². The summed E-state index contributed by atoms with van der Waals surface area (Å²) < 4.78 is 0. The van der Waals surface area contributed by atoms with Gasteiger partial charge in [0.2, 0.25) is 0 Å². The zero-order valence-electron chi connectivity index (χ0n) is 12.1. The van der Waals surface area contributed by atoms with Crippen molar-refractivity contribution in [3.8, 4) is 0 Å². The Labute approximate surface area is 111 Å². The number of rotatable bonds is 5. The summed E-state index contributed by atoms with van der Waals surface area (Å²) in [5.74, 6) is 0.269. The van der Waals surface area contributed by atoms with Gasteiger partial charge < -0.3 is 15.3 Å². The van der Waals surface area contributed by atoms with Crippen LogP contribution in [-0.2, 0) is 0 Å². The van der Waals surface area contributed by atoms with Gasteiger partial charge in [0, 0.05) is 0 Å². The second kappa shape index (κ2) is 5.72. The van der Waals surface area contributed by atoms with Crippen molar-refractivity contribution >= 4 is 0 Å². The molecule has 0 aromatic heterocycles. The first-order valence-electron chi connectivity index (χ1n) is 6.92. The molecule has 1 aliphatic carbocycles. The minimum Gasteiger partial charge on any atom is -0.392 e. The quantitative estimate of drug-likeness (QED) is 0.661. The third-order valence-corrected chi connectivity index (χ3v) is 4.74. The van der Waals surface area contributed by atoms with Crippen molar-refractivity contribution < 1.29 is 15.3 Å². The summed E-state index contributed by atoms with van der Waals surface area (Å²) in [5.41, 5.74) is -0.449. The lowest BCUT2D eigenvalue weighted by Gasteiger charge is -2.35. The minimum atomic E-state index is -0.744. The first-order chi connectivity index (χ1) is 8.20. The Morgan fingerprint density at radius 2 is 2.11 bits per heavy atom. The summed E-state index contributed by atoms with van der Waals surface area (Å²) in [4.78, 5) is 0. The van der Waals surface area contributed by atoms with E-state index in [1.165, 1.54) is 0 Å². The van der Waals surface area contributed by atoms with E-state index in [1.54, 1.807) is 0 Å². The predicted molar refractivity (Wildman–Crippen MR) is 73.2 cm³/mol. The maximum absolute atomic E-state index is 10.6. The molecule has 3 heteroatoms. The van der Waals surface area contributed by atoms with Crippen LogP contribution in [0.4, 0.5) is 0 Å². The molecule has 0 heterocycles. The van der Waals surface area contributed by atoms with Crippen molar-refractivity contribution in [2.45, 2.75) is 64.6 Å². The van der Waals surface area contributed by atoms with Crippen LogP contribution in [0.15, 0.2) is 11.6 Å². The van der Waals surface area contributed by atoms with Crippen LogP contribution in [0.3, 0.4) is 0 Å². The van der Waals surface area contributed by atoms with Gasteiger partial charge in [-0.15, -0.1) is 0 Å². The fraction of sp³-hybridized carbons (Fsp3) is 0.867. The molecule has 0 bridgehead atoms. The van der Waals surface area contributed by atoms with Crippen molar-refractivity contribution in [3.63, 3.8) is 0 Å². The van der Waals surface area contributed by atoms with Crippen LogP contribution >= 0.6 is 0 Å². The maximum Gasteiger partial charge on any atom is 0.0654 e. The van der Waals surface area contributed by atoms with Gasteiger partial charge in [0.25, 0.3) is 0 Å². The first-order valence-corrected chi connectivity index (χ1v) is 6.92. The van der Waals surface area contributed by atoms with Crippen molar-refractivity contribution in [2.24, 2.45) is 11.8 Å². The molecule has 0 radical (unpaired) electrons. The SMILES string of the molecule is C/C(=C/CC[C@@](C)(O)[C@H]1CC[C@@](C)(O)[C@H]1C)CO. The standard InChI is InChI=1S/C15H28O3/c1-11(10-16)6-5-8-15(4,18)13-7-9-14(3,17)12(13)2/h6,12-13,16-18H,5,7-10H2,1-4H3/b11-6-/t12-,13-,14+,15+/m0/s1. The van der Waals surface area contributed by atoms with Gasteiger partial charge >= 0.3 is 0 Å². The molecule has 0 aromatic rings. The zero-order chi connectivity index (χ0) is 14.0. The van der Waals surface area contributed by atoms with Crippen molar-refractivity contribution in [3.05, 3.63) is 11.6 Å². The number of aliphatic hydroxyl groups excluding tert-OH is 1. The molecule has 3 nitrogen and oxygen atoms in total. The van der Waals surface area contributed by atoms with E-state index >= 15 is 0 Å². The second-order valence-corrected chi connectivity index (χ2v) is 6.40. The van der Waals surface area contributed by atoms with Gasteiger partial charge in [-0.05, 0) is 58.3 Å². The smallest absolute Gasteiger partial charge is 0.0654 e. The Balaban J connectivity index is 2.59. The fourth-order valence-electron chi connectivity index (χ4n) is 3.07. The largest absolute Gasteiger partial charge is 0.392 e. The molecule has 1 fully saturated rings. The van der Waals surface area contributed by atoms with Crippen molar-refractivity contribution in [1.29, 1.82) is 0 Å². The van der Waals surface area contributed by atoms with E-state index < -0.39 is 11.2 Å². The van der Waals surface area contributed by atoms with Gasteiger partial charge in [0.15, 0.2) is 0 Å². The zero-order valence-corrected chi connectivity index (χ0v) is 12.1. The van der Waals surface area contributed by atoms with E-state index in [-0.39, 0.29) is 18.4 Å². The Morgan fingerprint density at radius 3 is 2.56 bits per heavy atom. The normalized spacial score (nSPS) is 36.7. The number of hydrogen-bond acceptors (Lipinski definition) is 3. The number of aliphatic hydroxyl groups is 3. The van der Waals surface area contributed by atoms with E-state index in [4.69, 9.17) is 5.11 Å². The predicted octanol–water partition coefficient (Wildman–Crippen LogP) is 2.25. The Kier molecular flexibility index (Phi) is 4.98. The third-order valence-electron chi connectivity index (χ3n) is 4.74. The van der Waals surface area contributed by atoms with Crippen LogP contribution in [0.2, 0.25) is 0 Å². The van der Waals surface area contributed by atoms with Crippen LogP contribution in [-0.4, -0.2) is 33.1 Å². The summed E-state index contributed by atoms with van der Waals surface area (Å²) in [6.45, 7) is 7.73. The Morgan fingerprint density at radius 1 is 1.50 bits per heavy atom. The summed E-state index contributed by atoms with van der Waals surface area (Å²) in [6.07, 6.45) is 5.07. The van der Waals surface area contributed by atoms with Crippen LogP contribution < -0.4 is 0 Å². The highest BCUT2D eigenvalue weighted by molar-refractivity contribution is 5.02. The van der Waals surface area contributed by atoms with E-state index in [9.17, 15) is 10.2 Å². The molecule has 0 aromatic carbocycles. The van der Waals surface area contributed by atoms with E-state index in [0.29, 0.717) is 6.42 Å². The third kappa shape index (κ3) is 3.56. The van der Waals surface area contributed by atoms with Gasteiger partial charge in [-0.1, -0.05) is 18.6 Å². The monoisotopic (exact) mass is 256 g/mol. The average molecular weight is 256 g/mol. The van der Waals surface area contributed by atoms with Crippen LogP contribution in [0.25, 0.3) is 0 Å². The van der Waals surface area contributed by atoms with Crippen LogP contribution in [0, 0.1) is 11.8 Å². The highest BCUT2D eigenvalue weighted by Gasteiger charge is 2.47. The van der Waals surface area contributed by atoms with E-state index in [2.05, 4.69) is 0 Å². The summed E-state index contributed by atoms with van der Waals surface area (Å²) >= 11 is 0. The summed E-state index contributed by atoms with van der Waals surface area (Å²) in [5, 5.41) is 29.7. The topological polar surface area (TPSA) is 60.7 Å². The molecule has 106 valence electrons. The molecule has 0 spiro atoms. The summed E-state index contributed by atoms with van der Waals surface area (Å²) in [6, 6.07) is 0. The van der Waals surface area contributed by atoms with Gasteiger partial charge in [0.1, 0.15) is 0 Å². The van der Waals surface area contributed by atoms with Crippen LogP contribution in [0.1, 0.15) is 53.4 Å². The molecular formula is C15H28O3. The molecule has 3 N–H and O–H groups in total. The molecule has 1 aliphatic rings. The van der Waals surface area contributed by atoms with Gasteiger partial charge in [-0.25, -0.2) is 0 Å².